The van der Waals surface area contributed by atoms with E-state index in [0.717, 1.165) is 6.07 Å². The number of likely N-dealkylation sites (N-methyl/N-ethyl adjacent to an activating group) is 1. The van der Waals surface area contributed by atoms with Crippen LogP contribution in [0.15, 0.2) is 39.9 Å². The van der Waals surface area contributed by atoms with E-state index in [2.05, 4.69) is 4.98 Å². The van der Waals surface area contributed by atoms with Gasteiger partial charge in [0.2, 0.25) is 0 Å². The summed E-state index contributed by atoms with van der Waals surface area (Å²) in [5.41, 5.74) is -1.60. The number of hydrogen-bond donors (Lipinski definition) is 3. The van der Waals surface area contributed by atoms with Gasteiger partial charge < -0.3 is 24.5 Å². The number of methoxy groups -OCH3 is 1. The molecule has 0 radical (unpaired) electrons. The predicted octanol–water partition coefficient (Wildman–Crippen LogP) is -0.416. The highest BCUT2D eigenvalue weighted by Gasteiger charge is 2.17. The number of benzene rings is 1. The molecule has 2 aromatic rings. The Balaban J connectivity index is 1.90. The van der Waals surface area contributed by atoms with E-state index in [9.17, 15) is 19.5 Å². The summed E-state index contributed by atoms with van der Waals surface area (Å²) in [5, 5.41) is 10.0. The molecule has 1 aromatic heterocycles. The molecule has 3 N–H and O–H groups in total. The third kappa shape index (κ3) is 5.21. The van der Waals surface area contributed by atoms with Gasteiger partial charge >= 0.3 is 5.69 Å². The van der Waals surface area contributed by atoms with Crippen molar-refractivity contribution in [1.29, 1.82) is 0 Å². The topological polar surface area (TPSA) is 125 Å². The SMILES string of the molecule is COc1ccc(OCC(O)CN(C)C(=O)c2cc(=O)[nH]c(=O)[nH]2)cc1. The van der Waals surface area contributed by atoms with E-state index in [1.165, 1.54) is 11.9 Å². The van der Waals surface area contributed by atoms with E-state index in [1.54, 1.807) is 31.4 Å². The standard InChI is InChI=1S/C16H19N3O6/c1-19(15(22)13-7-14(21)18-16(23)17-13)8-10(20)9-25-12-5-3-11(24-2)4-6-12/h3-7,10,20H,8-9H2,1-2H3,(H2,17,18,21,23). The van der Waals surface area contributed by atoms with E-state index >= 15 is 0 Å². The molecule has 0 aliphatic carbocycles. The van der Waals surface area contributed by atoms with Gasteiger partial charge in [-0.25, -0.2) is 4.79 Å². The summed E-state index contributed by atoms with van der Waals surface area (Å²) in [7, 11) is 3.00. The molecule has 1 unspecified atom stereocenters. The summed E-state index contributed by atoms with van der Waals surface area (Å²) in [6.45, 7) is -0.0698. The van der Waals surface area contributed by atoms with Gasteiger partial charge in [-0.3, -0.25) is 14.6 Å². The van der Waals surface area contributed by atoms with Crippen molar-refractivity contribution in [3.8, 4) is 11.5 Å². The van der Waals surface area contributed by atoms with Crippen molar-refractivity contribution in [2.75, 3.05) is 27.3 Å². The average Bonchev–Trinajstić information content (AvgIpc) is 2.58. The van der Waals surface area contributed by atoms with Crippen LogP contribution in [-0.4, -0.2) is 59.3 Å². The molecule has 0 spiro atoms. The van der Waals surface area contributed by atoms with Gasteiger partial charge in [-0.05, 0) is 24.3 Å². The second-order valence-corrected chi connectivity index (χ2v) is 5.33. The molecule has 0 saturated carbocycles. The molecule has 1 amide bonds. The first kappa shape index (κ1) is 18.3. The van der Waals surface area contributed by atoms with E-state index in [1.807, 2.05) is 4.98 Å². The predicted molar refractivity (Wildman–Crippen MR) is 89.1 cm³/mol. The third-order valence-electron chi connectivity index (χ3n) is 3.32. The number of ether oxygens (including phenoxy) is 2. The Hall–Kier alpha value is -3.07. The number of aromatic nitrogens is 2. The zero-order chi connectivity index (χ0) is 18.4. The summed E-state index contributed by atoms with van der Waals surface area (Å²) in [6, 6.07) is 7.82. The number of nitrogens with one attached hydrogen (secondary N) is 2. The number of H-pyrrole nitrogens is 2. The van der Waals surface area contributed by atoms with E-state index in [0.29, 0.717) is 11.5 Å². The monoisotopic (exact) mass is 349 g/mol. The Labute approximate surface area is 142 Å². The smallest absolute Gasteiger partial charge is 0.326 e. The lowest BCUT2D eigenvalue weighted by atomic mass is 10.3. The number of carbonyl (C=O) groups is 1. The molecule has 0 aliphatic rings. The number of amides is 1. The number of aliphatic hydroxyl groups excluding tert-OH is 1. The minimum Gasteiger partial charge on any atom is -0.497 e. The highest BCUT2D eigenvalue weighted by atomic mass is 16.5. The maximum atomic E-state index is 12.2. The third-order valence-corrected chi connectivity index (χ3v) is 3.32. The normalized spacial score (nSPS) is 11.6. The maximum Gasteiger partial charge on any atom is 0.326 e. The number of aliphatic hydroxyl groups is 1. The average molecular weight is 349 g/mol. The van der Waals surface area contributed by atoms with Crippen LogP contribution >= 0.6 is 0 Å². The molecule has 0 aliphatic heterocycles. The Morgan fingerprint density at radius 3 is 2.44 bits per heavy atom. The molecule has 0 saturated heterocycles. The second-order valence-electron chi connectivity index (χ2n) is 5.33. The summed E-state index contributed by atoms with van der Waals surface area (Å²) in [5.74, 6) is 0.643. The van der Waals surface area contributed by atoms with Crippen LogP contribution in [0.4, 0.5) is 0 Å². The molecule has 134 valence electrons. The molecule has 25 heavy (non-hydrogen) atoms. The van der Waals surface area contributed by atoms with Gasteiger partial charge in [0.1, 0.15) is 29.9 Å². The van der Waals surface area contributed by atoms with Crippen LogP contribution in [0.3, 0.4) is 0 Å². The lowest BCUT2D eigenvalue weighted by Crippen LogP contribution is -2.38. The number of rotatable bonds is 7. The van der Waals surface area contributed by atoms with E-state index in [-0.39, 0.29) is 18.8 Å². The van der Waals surface area contributed by atoms with Gasteiger partial charge in [0.25, 0.3) is 11.5 Å². The van der Waals surface area contributed by atoms with Gasteiger partial charge in [-0.1, -0.05) is 0 Å². The molecule has 2 rings (SSSR count). The van der Waals surface area contributed by atoms with Crippen molar-refractivity contribution in [1.82, 2.24) is 14.9 Å². The van der Waals surface area contributed by atoms with Gasteiger partial charge in [-0.15, -0.1) is 0 Å². The fourth-order valence-electron chi connectivity index (χ4n) is 2.11. The van der Waals surface area contributed by atoms with Crippen molar-refractivity contribution >= 4 is 5.91 Å². The van der Waals surface area contributed by atoms with Crippen LogP contribution in [0.1, 0.15) is 10.5 Å². The minimum atomic E-state index is -0.954. The Morgan fingerprint density at radius 1 is 1.20 bits per heavy atom. The lowest BCUT2D eigenvalue weighted by Gasteiger charge is -2.21. The summed E-state index contributed by atoms with van der Waals surface area (Å²) >= 11 is 0. The number of hydrogen-bond acceptors (Lipinski definition) is 6. The van der Waals surface area contributed by atoms with E-state index in [4.69, 9.17) is 9.47 Å². The molecule has 1 heterocycles. The Kier molecular flexibility index (Phi) is 5.96. The second kappa shape index (κ2) is 8.15. The zero-order valence-electron chi connectivity index (χ0n) is 13.8. The fourth-order valence-corrected chi connectivity index (χ4v) is 2.11. The van der Waals surface area contributed by atoms with Crippen LogP contribution in [0.5, 0.6) is 11.5 Å². The maximum absolute atomic E-state index is 12.2. The van der Waals surface area contributed by atoms with Crippen molar-refractivity contribution in [2.45, 2.75) is 6.10 Å². The first-order valence-corrected chi connectivity index (χ1v) is 7.43. The summed E-state index contributed by atoms with van der Waals surface area (Å²) in [6.07, 6.45) is -0.954. The summed E-state index contributed by atoms with van der Waals surface area (Å²) < 4.78 is 10.5. The van der Waals surface area contributed by atoms with Crippen LogP contribution in [0.2, 0.25) is 0 Å². The molecule has 1 aromatic carbocycles. The van der Waals surface area contributed by atoms with Gasteiger partial charge in [0.05, 0.1) is 7.11 Å². The van der Waals surface area contributed by atoms with Crippen molar-refractivity contribution in [3.05, 3.63) is 56.9 Å². The van der Waals surface area contributed by atoms with Gasteiger partial charge in [0, 0.05) is 19.7 Å². The van der Waals surface area contributed by atoms with Crippen LogP contribution < -0.4 is 20.7 Å². The zero-order valence-corrected chi connectivity index (χ0v) is 13.8. The minimum absolute atomic E-state index is 0.0319. The highest BCUT2D eigenvalue weighted by Crippen LogP contribution is 2.17. The lowest BCUT2D eigenvalue weighted by molar-refractivity contribution is 0.0558. The van der Waals surface area contributed by atoms with Gasteiger partial charge in [0.15, 0.2) is 0 Å². The molecular formula is C16H19N3O6. The Morgan fingerprint density at radius 2 is 1.84 bits per heavy atom. The largest absolute Gasteiger partial charge is 0.497 e. The molecule has 0 fully saturated rings. The quantitative estimate of drug-likeness (QED) is 0.624. The first-order chi connectivity index (χ1) is 11.9. The number of carbonyl (C=O) groups excluding carboxylic acids is 1. The molecular weight excluding hydrogens is 330 g/mol. The van der Waals surface area contributed by atoms with Crippen LogP contribution in [0, 0.1) is 0 Å². The molecule has 1 atom stereocenters. The van der Waals surface area contributed by atoms with Crippen molar-refractivity contribution in [3.63, 3.8) is 0 Å². The first-order valence-electron chi connectivity index (χ1n) is 7.43. The van der Waals surface area contributed by atoms with Gasteiger partial charge in [-0.2, -0.15) is 0 Å². The molecule has 9 heteroatoms. The van der Waals surface area contributed by atoms with Crippen molar-refractivity contribution in [2.24, 2.45) is 0 Å². The molecule has 9 nitrogen and oxygen atoms in total. The fraction of sp³-hybridized carbons (Fsp3) is 0.312. The molecule has 0 bridgehead atoms. The summed E-state index contributed by atoms with van der Waals surface area (Å²) in [4.78, 5) is 40.0. The Bertz CT molecular complexity index is 799. The van der Waals surface area contributed by atoms with Crippen LogP contribution in [0.25, 0.3) is 0 Å². The van der Waals surface area contributed by atoms with Crippen molar-refractivity contribution < 1.29 is 19.4 Å². The van der Waals surface area contributed by atoms with Crippen LogP contribution in [-0.2, 0) is 0 Å². The highest BCUT2D eigenvalue weighted by molar-refractivity contribution is 5.91. The van der Waals surface area contributed by atoms with E-state index < -0.39 is 23.3 Å². The number of nitrogens with zero attached hydrogens (tertiary/aromatic N) is 1. The number of aromatic amines is 2.